The van der Waals surface area contributed by atoms with E-state index in [0.29, 0.717) is 5.69 Å². The van der Waals surface area contributed by atoms with Gasteiger partial charge in [0.25, 0.3) is 5.91 Å². The molecule has 0 aliphatic carbocycles. The molecule has 0 saturated carbocycles. The highest BCUT2D eigenvalue weighted by atomic mass is 16.5. The lowest BCUT2D eigenvalue weighted by atomic mass is 10.0. The Morgan fingerprint density at radius 2 is 1.46 bits per heavy atom. The number of anilines is 2. The SMILES string of the molecule is O=C(COC(=O)Cc1cccc2ccccc12)Nc1ccc(N2CCN(Cc3ccccc3)CC2)cc1. The number of ether oxygens (including phenoxy) is 1. The summed E-state index contributed by atoms with van der Waals surface area (Å²) in [6, 6.07) is 32.1. The number of carbonyl (C=O) groups is 2. The molecular weight excluding hydrogens is 462 g/mol. The molecule has 0 aromatic heterocycles. The lowest BCUT2D eigenvalue weighted by Gasteiger charge is -2.36. The number of piperazine rings is 1. The van der Waals surface area contributed by atoms with Crippen LogP contribution in [0.25, 0.3) is 10.8 Å². The normalized spacial score (nSPS) is 13.9. The van der Waals surface area contributed by atoms with Crippen LogP contribution in [0, 0.1) is 0 Å². The van der Waals surface area contributed by atoms with Crippen LogP contribution in [0.4, 0.5) is 11.4 Å². The molecule has 1 aliphatic heterocycles. The van der Waals surface area contributed by atoms with Crippen molar-refractivity contribution in [3.8, 4) is 0 Å². The summed E-state index contributed by atoms with van der Waals surface area (Å²) in [5.74, 6) is -0.776. The van der Waals surface area contributed by atoms with E-state index in [1.54, 1.807) is 0 Å². The number of amides is 1. The van der Waals surface area contributed by atoms with Gasteiger partial charge in [-0.25, -0.2) is 0 Å². The number of hydrogen-bond donors (Lipinski definition) is 1. The van der Waals surface area contributed by atoms with Gasteiger partial charge in [-0.05, 0) is 46.2 Å². The minimum Gasteiger partial charge on any atom is -0.455 e. The molecule has 0 bridgehead atoms. The highest BCUT2D eigenvalue weighted by molar-refractivity contribution is 5.93. The average Bonchev–Trinajstić information content (AvgIpc) is 2.94. The molecule has 1 fully saturated rings. The zero-order valence-electron chi connectivity index (χ0n) is 20.8. The Labute approximate surface area is 217 Å². The van der Waals surface area contributed by atoms with E-state index in [1.165, 1.54) is 5.56 Å². The number of benzene rings is 4. The van der Waals surface area contributed by atoms with Crippen LogP contribution in [0.1, 0.15) is 11.1 Å². The summed E-state index contributed by atoms with van der Waals surface area (Å²) in [6.07, 6.45) is 0.127. The Bertz CT molecular complexity index is 1340. The van der Waals surface area contributed by atoms with Crippen LogP contribution < -0.4 is 10.2 Å². The molecule has 1 aliphatic rings. The first kappa shape index (κ1) is 24.5. The Morgan fingerprint density at radius 1 is 0.757 bits per heavy atom. The third kappa shape index (κ3) is 6.54. The van der Waals surface area contributed by atoms with Crippen molar-refractivity contribution in [1.29, 1.82) is 0 Å². The quantitative estimate of drug-likeness (QED) is 0.354. The van der Waals surface area contributed by atoms with Gasteiger partial charge in [0.15, 0.2) is 6.61 Å². The van der Waals surface area contributed by atoms with E-state index in [9.17, 15) is 9.59 Å². The molecule has 6 nitrogen and oxygen atoms in total. The first-order valence-corrected chi connectivity index (χ1v) is 12.7. The molecular formula is C31H31N3O3. The Balaban J connectivity index is 1.06. The standard InChI is InChI=1S/C31H31N3O3/c35-30(23-37-31(36)21-26-11-6-10-25-9-4-5-12-29(25)26)32-27-13-15-28(16-14-27)34-19-17-33(18-20-34)22-24-7-2-1-3-8-24/h1-16H,17-23H2,(H,32,35). The number of carbonyl (C=O) groups excluding carboxylic acids is 2. The van der Waals surface area contributed by atoms with Gasteiger partial charge in [-0.15, -0.1) is 0 Å². The Hall–Kier alpha value is -4.16. The van der Waals surface area contributed by atoms with E-state index in [4.69, 9.17) is 4.74 Å². The first-order valence-electron chi connectivity index (χ1n) is 12.7. The van der Waals surface area contributed by atoms with Crippen molar-refractivity contribution in [3.05, 3.63) is 108 Å². The maximum absolute atomic E-state index is 12.4. The highest BCUT2D eigenvalue weighted by Crippen LogP contribution is 2.21. The maximum atomic E-state index is 12.4. The van der Waals surface area contributed by atoms with Gasteiger partial charge < -0.3 is 15.0 Å². The molecule has 1 heterocycles. The third-order valence-corrected chi connectivity index (χ3v) is 6.72. The van der Waals surface area contributed by atoms with Crippen molar-refractivity contribution >= 4 is 34.0 Å². The molecule has 6 heteroatoms. The zero-order valence-corrected chi connectivity index (χ0v) is 20.8. The van der Waals surface area contributed by atoms with Gasteiger partial charge in [-0.3, -0.25) is 14.5 Å². The molecule has 0 unspecified atom stereocenters. The second-order valence-electron chi connectivity index (χ2n) is 9.32. The van der Waals surface area contributed by atoms with Crippen molar-refractivity contribution in [3.63, 3.8) is 0 Å². The van der Waals surface area contributed by atoms with Crippen molar-refractivity contribution in [2.45, 2.75) is 13.0 Å². The Kier molecular flexibility index (Phi) is 7.77. The van der Waals surface area contributed by atoms with Crippen molar-refractivity contribution in [1.82, 2.24) is 4.90 Å². The van der Waals surface area contributed by atoms with E-state index < -0.39 is 5.97 Å². The van der Waals surface area contributed by atoms with E-state index in [2.05, 4.69) is 39.4 Å². The highest BCUT2D eigenvalue weighted by Gasteiger charge is 2.17. The van der Waals surface area contributed by atoms with Gasteiger partial charge in [0.1, 0.15) is 0 Å². The molecule has 1 N–H and O–H groups in total. The largest absolute Gasteiger partial charge is 0.455 e. The molecule has 0 radical (unpaired) electrons. The number of nitrogens with one attached hydrogen (secondary N) is 1. The van der Waals surface area contributed by atoms with Crippen LogP contribution in [0.5, 0.6) is 0 Å². The van der Waals surface area contributed by atoms with Crippen LogP contribution in [0.2, 0.25) is 0 Å². The summed E-state index contributed by atoms with van der Waals surface area (Å²) in [5.41, 5.74) is 4.05. The third-order valence-electron chi connectivity index (χ3n) is 6.72. The molecule has 5 rings (SSSR count). The topological polar surface area (TPSA) is 61.9 Å². The van der Waals surface area contributed by atoms with Gasteiger partial charge in [0.05, 0.1) is 6.42 Å². The summed E-state index contributed by atoms with van der Waals surface area (Å²) >= 11 is 0. The smallest absolute Gasteiger partial charge is 0.310 e. The number of hydrogen-bond acceptors (Lipinski definition) is 5. The van der Waals surface area contributed by atoms with Gasteiger partial charge in [0, 0.05) is 44.1 Å². The molecule has 0 spiro atoms. The van der Waals surface area contributed by atoms with Crippen molar-refractivity contribution in [2.75, 3.05) is 43.0 Å². The lowest BCUT2D eigenvalue weighted by molar-refractivity contribution is -0.146. The maximum Gasteiger partial charge on any atom is 0.310 e. The number of rotatable bonds is 8. The van der Waals surface area contributed by atoms with E-state index in [-0.39, 0.29) is 18.9 Å². The predicted molar refractivity (Wildman–Crippen MR) is 148 cm³/mol. The summed E-state index contributed by atoms with van der Waals surface area (Å²) in [7, 11) is 0. The van der Waals surface area contributed by atoms with Crippen molar-refractivity contribution < 1.29 is 14.3 Å². The number of nitrogens with zero attached hydrogens (tertiary/aromatic N) is 2. The van der Waals surface area contributed by atoms with Crippen LogP contribution in [0.15, 0.2) is 97.1 Å². The molecule has 4 aromatic rings. The fraction of sp³-hybridized carbons (Fsp3) is 0.226. The first-order chi connectivity index (χ1) is 18.1. The molecule has 0 atom stereocenters. The molecule has 4 aromatic carbocycles. The predicted octanol–water partition coefficient (Wildman–Crippen LogP) is 4.89. The van der Waals surface area contributed by atoms with E-state index in [1.807, 2.05) is 72.8 Å². The summed E-state index contributed by atoms with van der Waals surface area (Å²) in [4.78, 5) is 29.5. The van der Waals surface area contributed by atoms with Gasteiger partial charge in [-0.1, -0.05) is 72.8 Å². The van der Waals surface area contributed by atoms with Gasteiger partial charge in [0.2, 0.25) is 0 Å². The summed E-state index contributed by atoms with van der Waals surface area (Å²) in [6.45, 7) is 4.62. The average molecular weight is 494 g/mol. The van der Waals surface area contributed by atoms with E-state index >= 15 is 0 Å². The van der Waals surface area contributed by atoms with Gasteiger partial charge >= 0.3 is 5.97 Å². The fourth-order valence-electron chi connectivity index (χ4n) is 4.76. The van der Waals surface area contributed by atoms with Crippen LogP contribution in [-0.4, -0.2) is 49.6 Å². The summed E-state index contributed by atoms with van der Waals surface area (Å²) < 4.78 is 5.24. The molecule has 37 heavy (non-hydrogen) atoms. The van der Waals surface area contributed by atoms with Crippen molar-refractivity contribution in [2.24, 2.45) is 0 Å². The number of esters is 1. The second-order valence-corrected chi connectivity index (χ2v) is 9.32. The van der Waals surface area contributed by atoms with Gasteiger partial charge in [-0.2, -0.15) is 0 Å². The Morgan fingerprint density at radius 3 is 2.24 bits per heavy atom. The minimum absolute atomic E-state index is 0.127. The summed E-state index contributed by atoms with van der Waals surface area (Å²) in [5, 5.41) is 4.90. The molecule has 1 amide bonds. The van der Waals surface area contributed by atoms with Crippen LogP contribution in [0.3, 0.4) is 0 Å². The minimum atomic E-state index is -0.423. The van der Waals surface area contributed by atoms with Crippen LogP contribution in [-0.2, 0) is 27.3 Å². The molecule has 1 saturated heterocycles. The number of fused-ring (bicyclic) bond motifs is 1. The van der Waals surface area contributed by atoms with E-state index in [0.717, 1.165) is 54.7 Å². The van der Waals surface area contributed by atoms with Crippen LogP contribution >= 0.6 is 0 Å². The monoisotopic (exact) mass is 493 g/mol. The lowest BCUT2D eigenvalue weighted by Crippen LogP contribution is -2.45. The second kappa shape index (κ2) is 11.7. The molecule has 188 valence electrons. The fourth-order valence-corrected chi connectivity index (χ4v) is 4.76. The zero-order chi connectivity index (χ0) is 25.5.